The molecule has 0 spiro atoms. The minimum Gasteiger partial charge on any atom is -0.497 e. The normalized spacial score (nSPS) is 13.4. The van der Waals surface area contributed by atoms with Crippen molar-refractivity contribution < 1.29 is 28.6 Å². The highest BCUT2D eigenvalue weighted by atomic mass is 16.6. The third-order valence-electron chi connectivity index (χ3n) is 4.83. The summed E-state index contributed by atoms with van der Waals surface area (Å²) in [7, 11) is 1.53. The minimum atomic E-state index is -1.35. The predicted octanol–water partition coefficient (Wildman–Crippen LogP) is 4.94. The fourth-order valence-electron chi connectivity index (χ4n) is 3.11. The molecule has 0 fully saturated rings. The molecule has 2 atom stereocenters. The summed E-state index contributed by atoms with van der Waals surface area (Å²) in [6.07, 6.45) is 0.143. The molecule has 7 nitrogen and oxygen atoms in total. The van der Waals surface area contributed by atoms with Gasteiger partial charge in [-0.25, -0.2) is 14.4 Å². The van der Waals surface area contributed by atoms with Crippen LogP contribution in [0.4, 0.5) is 0 Å². The summed E-state index contributed by atoms with van der Waals surface area (Å²) in [6, 6.07) is 12.5. The molecule has 2 aromatic carbocycles. The predicted molar refractivity (Wildman–Crippen MR) is 124 cm³/mol. The maximum atomic E-state index is 13.1. The van der Waals surface area contributed by atoms with Crippen LogP contribution < -0.4 is 4.74 Å². The number of hydrogen-bond acceptors (Lipinski definition) is 7. The molecule has 0 radical (unpaired) electrons. The van der Waals surface area contributed by atoms with Gasteiger partial charge >= 0.3 is 11.9 Å². The highest BCUT2D eigenvalue weighted by Crippen LogP contribution is 2.29. The second-order valence-corrected chi connectivity index (χ2v) is 9.63. The summed E-state index contributed by atoms with van der Waals surface area (Å²) >= 11 is 0. The van der Waals surface area contributed by atoms with Gasteiger partial charge in [0.1, 0.15) is 11.8 Å². The van der Waals surface area contributed by atoms with Crippen LogP contribution in [0, 0.1) is 0 Å². The number of methoxy groups -OCH3 is 1. The molecule has 0 aliphatic rings. The van der Waals surface area contributed by atoms with Gasteiger partial charge in [0, 0.05) is 0 Å². The standard InChI is InChI=1S/C26H31NO6/c1-25(2,3)19-12-8-18(9-13-19)23(29)32-24(30)22(33-26(4,5)6)21(27-16-28)17-10-14-20(31-7)15-11-17/h8-15,21-22H,1-7H3. The Bertz CT molecular complexity index is 1010. The summed E-state index contributed by atoms with van der Waals surface area (Å²) in [6.45, 7) is 11.4. The lowest BCUT2D eigenvalue weighted by molar-refractivity contribution is -0.162. The second kappa shape index (κ2) is 10.6. The van der Waals surface area contributed by atoms with Crippen molar-refractivity contribution in [2.24, 2.45) is 4.99 Å². The quantitative estimate of drug-likeness (QED) is 0.255. The van der Waals surface area contributed by atoms with E-state index in [-0.39, 0.29) is 11.0 Å². The molecular formula is C26H31NO6. The van der Waals surface area contributed by atoms with Crippen molar-refractivity contribution in [2.75, 3.05) is 7.11 Å². The first-order valence-corrected chi connectivity index (χ1v) is 10.6. The van der Waals surface area contributed by atoms with E-state index in [1.807, 2.05) is 12.1 Å². The van der Waals surface area contributed by atoms with E-state index in [4.69, 9.17) is 14.2 Å². The first kappa shape index (κ1) is 26.0. The van der Waals surface area contributed by atoms with Crippen molar-refractivity contribution in [1.82, 2.24) is 0 Å². The zero-order valence-electron chi connectivity index (χ0n) is 20.2. The topological polar surface area (TPSA) is 91.3 Å². The Balaban J connectivity index is 2.33. The number of benzene rings is 2. The molecule has 2 aromatic rings. The van der Waals surface area contributed by atoms with Crippen LogP contribution in [0.25, 0.3) is 0 Å². The highest BCUT2D eigenvalue weighted by Gasteiger charge is 2.37. The van der Waals surface area contributed by atoms with Crippen molar-refractivity contribution in [3.8, 4) is 5.75 Å². The van der Waals surface area contributed by atoms with Crippen LogP contribution in [-0.4, -0.2) is 36.8 Å². The van der Waals surface area contributed by atoms with Gasteiger partial charge in [-0.2, -0.15) is 4.99 Å². The maximum absolute atomic E-state index is 13.1. The Morgan fingerprint density at radius 1 is 0.909 bits per heavy atom. The van der Waals surface area contributed by atoms with Crippen LogP contribution in [0.2, 0.25) is 0 Å². The minimum absolute atomic E-state index is 0.0810. The van der Waals surface area contributed by atoms with Crippen molar-refractivity contribution in [3.63, 3.8) is 0 Å². The maximum Gasteiger partial charge on any atom is 0.345 e. The molecule has 0 saturated carbocycles. The van der Waals surface area contributed by atoms with Crippen molar-refractivity contribution in [2.45, 2.75) is 64.7 Å². The van der Waals surface area contributed by atoms with Crippen LogP contribution in [0.1, 0.15) is 69.1 Å². The highest BCUT2D eigenvalue weighted by molar-refractivity contribution is 5.98. The van der Waals surface area contributed by atoms with Gasteiger partial charge in [-0.15, -0.1) is 0 Å². The number of ether oxygens (including phenoxy) is 3. The third-order valence-corrected chi connectivity index (χ3v) is 4.83. The Morgan fingerprint density at radius 2 is 1.48 bits per heavy atom. The Kier molecular flexibility index (Phi) is 8.31. The number of hydrogen-bond donors (Lipinski definition) is 0. The van der Waals surface area contributed by atoms with E-state index < -0.39 is 29.7 Å². The van der Waals surface area contributed by atoms with Crippen LogP contribution in [-0.2, 0) is 24.5 Å². The molecule has 0 N–H and O–H groups in total. The first-order valence-electron chi connectivity index (χ1n) is 10.6. The summed E-state index contributed by atoms with van der Waals surface area (Å²) in [5.41, 5.74) is 0.907. The van der Waals surface area contributed by atoms with Gasteiger partial charge in [-0.3, -0.25) is 0 Å². The molecule has 0 aliphatic carbocycles. The van der Waals surface area contributed by atoms with E-state index >= 15 is 0 Å². The van der Waals surface area contributed by atoms with Crippen molar-refractivity contribution >= 4 is 18.0 Å². The number of esters is 2. The lowest BCUT2D eigenvalue weighted by atomic mass is 9.87. The van der Waals surface area contributed by atoms with E-state index in [2.05, 4.69) is 25.8 Å². The summed E-state index contributed by atoms with van der Waals surface area (Å²) in [5.74, 6) is -1.17. The van der Waals surface area contributed by atoms with Crippen molar-refractivity contribution in [1.29, 1.82) is 0 Å². The third kappa shape index (κ3) is 7.38. The molecular weight excluding hydrogens is 422 g/mol. The summed E-state index contributed by atoms with van der Waals surface area (Å²) in [4.78, 5) is 40.7. The van der Waals surface area contributed by atoms with Crippen LogP contribution >= 0.6 is 0 Å². The molecule has 2 rings (SSSR count). The molecule has 0 saturated heterocycles. The van der Waals surface area contributed by atoms with Gasteiger partial charge < -0.3 is 14.2 Å². The van der Waals surface area contributed by atoms with E-state index in [0.29, 0.717) is 11.3 Å². The zero-order valence-corrected chi connectivity index (χ0v) is 20.2. The molecule has 0 aliphatic heterocycles. The lowest BCUT2D eigenvalue weighted by Gasteiger charge is -2.29. The molecule has 176 valence electrons. The number of isocyanates is 1. The summed E-state index contributed by atoms with van der Waals surface area (Å²) in [5, 5.41) is 0. The van der Waals surface area contributed by atoms with E-state index in [9.17, 15) is 14.4 Å². The van der Waals surface area contributed by atoms with Gasteiger partial charge in [-0.1, -0.05) is 45.0 Å². The van der Waals surface area contributed by atoms with Crippen LogP contribution in [0.3, 0.4) is 0 Å². The number of carbonyl (C=O) groups excluding carboxylic acids is 3. The number of nitrogens with zero attached hydrogens (tertiary/aromatic N) is 1. The summed E-state index contributed by atoms with van der Waals surface area (Å²) < 4.78 is 16.2. The Labute approximate surface area is 194 Å². The average molecular weight is 454 g/mol. The number of carbonyl (C=O) groups is 2. The van der Waals surface area contributed by atoms with Crippen LogP contribution in [0.5, 0.6) is 5.75 Å². The fraction of sp³-hybridized carbons (Fsp3) is 0.423. The number of rotatable bonds is 7. The van der Waals surface area contributed by atoms with E-state index in [0.717, 1.165) is 5.56 Å². The van der Waals surface area contributed by atoms with Crippen LogP contribution in [0.15, 0.2) is 53.5 Å². The largest absolute Gasteiger partial charge is 0.497 e. The van der Waals surface area contributed by atoms with E-state index in [1.165, 1.54) is 13.2 Å². The average Bonchev–Trinajstić information content (AvgIpc) is 2.75. The molecule has 0 aromatic heterocycles. The fourth-order valence-corrected chi connectivity index (χ4v) is 3.11. The van der Waals surface area contributed by atoms with Crippen molar-refractivity contribution in [3.05, 3.63) is 65.2 Å². The Morgan fingerprint density at radius 3 is 1.94 bits per heavy atom. The second-order valence-electron chi connectivity index (χ2n) is 9.63. The molecule has 2 unspecified atom stereocenters. The molecule has 33 heavy (non-hydrogen) atoms. The van der Waals surface area contributed by atoms with Gasteiger partial charge in [0.25, 0.3) is 0 Å². The van der Waals surface area contributed by atoms with Gasteiger partial charge in [0.05, 0.1) is 18.3 Å². The molecule has 0 heterocycles. The number of aliphatic imine (C=N–C) groups is 1. The van der Waals surface area contributed by atoms with E-state index in [1.54, 1.807) is 57.2 Å². The lowest BCUT2D eigenvalue weighted by Crippen LogP contribution is -2.39. The molecule has 0 bridgehead atoms. The SMILES string of the molecule is COc1ccc(C(N=C=O)C(OC(C)(C)C)C(=O)OC(=O)c2ccc(C(C)(C)C)cc2)cc1. The zero-order chi connectivity index (χ0) is 24.8. The van der Waals surface area contributed by atoms with Gasteiger partial charge in [0.15, 0.2) is 6.10 Å². The first-order chi connectivity index (χ1) is 15.4. The van der Waals surface area contributed by atoms with Gasteiger partial charge in [-0.05, 0) is 61.6 Å². The van der Waals surface area contributed by atoms with Gasteiger partial charge in [0.2, 0.25) is 6.08 Å². The molecule has 7 heteroatoms. The smallest absolute Gasteiger partial charge is 0.345 e. The Hall–Kier alpha value is -3.28. The monoisotopic (exact) mass is 453 g/mol. The molecule has 0 amide bonds.